The molecule has 1 unspecified atom stereocenters. The van der Waals surface area contributed by atoms with Gasteiger partial charge in [0.2, 0.25) is 10.0 Å². The summed E-state index contributed by atoms with van der Waals surface area (Å²) in [6, 6.07) is 0.422. The molecule has 0 amide bonds. The quantitative estimate of drug-likeness (QED) is 0.852. The molecule has 0 aliphatic carbocycles. The van der Waals surface area contributed by atoms with E-state index >= 15 is 0 Å². The molecule has 0 saturated carbocycles. The Balaban J connectivity index is 1.97. The first kappa shape index (κ1) is 16.5. The van der Waals surface area contributed by atoms with Gasteiger partial charge in [-0.15, -0.1) is 0 Å². The number of sulfonamides is 1. The zero-order valence-corrected chi connectivity index (χ0v) is 13.9. The van der Waals surface area contributed by atoms with E-state index < -0.39 is 10.0 Å². The third-order valence-electron chi connectivity index (χ3n) is 3.88. The highest BCUT2D eigenvalue weighted by Crippen LogP contribution is 2.20. The third kappa shape index (κ3) is 4.79. The molecule has 2 rings (SSSR count). The van der Waals surface area contributed by atoms with Crippen LogP contribution in [0.4, 0.5) is 0 Å². The van der Waals surface area contributed by atoms with Gasteiger partial charge in [-0.25, -0.2) is 17.7 Å². The Morgan fingerprint density at radius 3 is 2.90 bits per heavy atom. The van der Waals surface area contributed by atoms with Crippen molar-refractivity contribution in [2.24, 2.45) is 5.92 Å². The van der Waals surface area contributed by atoms with E-state index in [1.807, 2.05) is 12.4 Å². The maximum atomic E-state index is 11.7. The van der Waals surface area contributed by atoms with Crippen LogP contribution in [0.15, 0.2) is 12.4 Å². The summed E-state index contributed by atoms with van der Waals surface area (Å²) in [7, 11) is -3.07. The molecule has 7 heteroatoms. The van der Waals surface area contributed by atoms with Gasteiger partial charge in [-0.2, -0.15) is 0 Å². The number of aromatic nitrogens is 2. The van der Waals surface area contributed by atoms with Gasteiger partial charge in [-0.05, 0) is 18.8 Å². The lowest BCUT2D eigenvalue weighted by molar-refractivity contribution is 0.244. The summed E-state index contributed by atoms with van der Waals surface area (Å²) >= 11 is 0. The fourth-order valence-electron chi connectivity index (χ4n) is 2.72. The van der Waals surface area contributed by atoms with Crippen LogP contribution in [-0.2, 0) is 23.1 Å². The van der Waals surface area contributed by atoms with Gasteiger partial charge in [0.15, 0.2) is 0 Å². The van der Waals surface area contributed by atoms with Crippen LogP contribution in [0.25, 0.3) is 0 Å². The van der Waals surface area contributed by atoms with Crippen LogP contribution in [0.5, 0.6) is 0 Å². The highest BCUT2D eigenvalue weighted by molar-refractivity contribution is 7.88. The summed E-state index contributed by atoms with van der Waals surface area (Å²) in [5.41, 5.74) is 0. The minimum absolute atomic E-state index is 0.362. The van der Waals surface area contributed by atoms with Crippen LogP contribution in [0.3, 0.4) is 0 Å². The Kier molecular flexibility index (Phi) is 5.40. The molecule has 1 fully saturated rings. The summed E-state index contributed by atoms with van der Waals surface area (Å²) in [6.07, 6.45) is 7.10. The molecule has 120 valence electrons. The molecular weight excluding hydrogens is 288 g/mol. The fraction of sp³-hybridized carbons (Fsp3) is 0.786. The average molecular weight is 314 g/mol. The summed E-state index contributed by atoms with van der Waals surface area (Å²) < 4.78 is 27.1. The van der Waals surface area contributed by atoms with Crippen molar-refractivity contribution in [1.29, 1.82) is 0 Å². The average Bonchev–Trinajstić information content (AvgIpc) is 2.83. The summed E-state index contributed by atoms with van der Waals surface area (Å²) in [6.45, 7) is 7.07. The summed E-state index contributed by atoms with van der Waals surface area (Å²) in [5, 5.41) is 3.37. The van der Waals surface area contributed by atoms with Crippen molar-refractivity contribution in [3.05, 3.63) is 18.2 Å². The molecule has 0 aromatic carbocycles. The molecule has 0 spiro atoms. The SMILES string of the molecule is CC(C)NCc1nccn1CC1CCCN(S(C)(=O)=O)C1. The standard InChI is InChI=1S/C14H26N4O2S/c1-12(2)16-9-14-15-6-8-17(14)10-13-5-4-7-18(11-13)21(3,19)20/h6,8,12-13,16H,4-5,7,9-11H2,1-3H3. The number of imidazole rings is 1. The van der Waals surface area contributed by atoms with E-state index in [0.717, 1.165) is 31.8 Å². The fourth-order valence-corrected chi connectivity index (χ4v) is 3.67. The molecule has 1 aliphatic heterocycles. The molecule has 1 saturated heterocycles. The van der Waals surface area contributed by atoms with Crippen LogP contribution in [0.1, 0.15) is 32.5 Å². The van der Waals surface area contributed by atoms with Crippen molar-refractivity contribution >= 4 is 10.0 Å². The number of piperidine rings is 1. The van der Waals surface area contributed by atoms with Crippen LogP contribution in [0, 0.1) is 5.92 Å². The topological polar surface area (TPSA) is 67.2 Å². The predicted octanol–water partition coefficient (Wildman–Crippen LogP) is 1.05. The van der Waals surface area contributed by atoms with Crippen molar-refractivity contribution in [2.45, 2.75) is 45.8 Å². The second-order valence-electron chi connectivity index (χ2n) is 6.16. The molecule has 21 heavy (non-hydrogen) atoms. The normalized spacial score (nSPS) is 21.0. The van der Waals surface area contributed by atoms with Crippen LogP contribution < -0.4 is 5.32 Å². The van der Waals surface area contributed by atoms with Gasteiger partial charge in [0, 0.05) is 38.1 Å². The van der Waals surface area contributed by atoms with Crippen molar-refractivity contribution in [2.75, 3.05) is 19.3 Å². The summed E-state index contributed by atoms with van der Waals surface area (Å²) in [5.74, 6) is 1.38. The maximum Gasteiger partial charge on any atom is 0.211 e. The van der Waals surface area contributed by atoms with Crippen molar-refractivity contribution in [3.63, 3.8) is 0 Å². The lowest BCUT2D eigenvalue weighted by Crippen LogP contribution is -2.40. The lowest BCUT2D eigenvalue weighted by atomic mass is 9.99. The Morgan fingerprint density at radius 2 is 2.24 bits per heavy atom. The van der Waals surface area contributed by atoms with Crippen molar-refractivity contribution in [1.82, 2.24) is 19.2 Å². The number of nitrogens with one attached hydrogen (secondary N) is 1. The van der Waals surface area contributed by atoms with E-state index in [2.05, 4.69) is 28.7 Å². The van der Waals surface area contributed by atoms with E-state index in [1.165, 1.54) is 6.26 Å². The highest BCUT2D eigenvalue weighted by atomic mass is 32.2. The minimum Gasteiger partial charge on any atom is -0.334 e. The Morgan fingerprint density at radius 1 is 1.48 bits per heavy atom. The monoisotopic (exact) mass is 314 g/mol. The van der Waals surface area contributed by atoms with Crippen molar-refractivity contribution < 1.29 is 8.42 Å². The Labute approximate surface area is 127 Å². The second kappa shape index (κ2) is 6.89. The van der Waals surface area contributed by atoms with Crippen LogP contribution >= 0.6 is 0 Å². The zero-order valence-electron chi connectivity index (χ0n) is 13.1. The molecule has 1 N–H and O–H groups in total. The first-order valence-electron chi connectivity index (χ1n) is 7.55. The molecule has 6 nitrogen and oxygen atoms in total. The molecule has 1 atom stereocenters. The molecule has 1 aromatic rings. The second-order valence-corrected chi connectivity index (χ2v) is 8.14. The van der Waals surface area contributed by atoms with E-state index in [-0.39, 0.29) is 0 Å². The molecule has 2 heterocycles. The molecule has 0 bridgehead atoms. The van der Waals surface area contributed by atoms with Crippen LogP contribution in [0.2, 0.25) is 0 Å². The first-order valence-corrected chi connectivity index (χ1v) is 9.39. The number of nitrogens with zero attached hydrogens (tertiary/aromatic N) is 3. The van der Waals surface area contributed by atoms with E-state index in [0.29, 0.717) is 25.0 Å². The maximum absolute atomic E-state index is 11.7. The Bertz CT molecular complexity index is 553. The number of hydrogen-bond acceptors (Lipinski definition) is 4. The third-order valence-corrected chi connectivity index (χ3v) is 5.15. The first-order chi connectivity index (χ1) is 9.86. The predicted molar refractivity (Wildman–Crippen MR) is 83.3 cm³/mol. The van der Waals surface area contributed by atoms with Gasteiger partial charge >= 0.3 is 0 Å². The van der Waals surface area contributed by atoms with E-state index in [1.54, 1.807) is 4.31 Å². The molecular formula is C14H26N4O2S. The number of rotatable bonds is 6. The zero-order chi connectivity index (χ0) is 15.5. The van der Waals surface area contributed by atoms with Crippen molar-refractivity contribution in [3.8, 4) is 0 Å². The molecule has 1 aliphatic rings. The smallest absolute Gasteiger partial charge is 0.211 e. The van der Waals surface area contributed by atoms with Gasteiger partial charge < -0.3 is 9.88 Å². The van der Waals surface area contributed by atoms with Gasteiger partial charge in [-0.1, -0.05) is 13.8 Å². The van der Waals surface area contributed by atoms with Crippen LogP contribution in [-0.4, -0.2) is 47.7 Å². The minimum atomic E-state index is -3.07. The van der Waals surface area contributed by atoms with Gasteiger partial charge in [-0.3, -0.25) is 0 Å². The molecule has 0 radical (unpaired) electrons. The van der Waals surface area contributed by atoms with Gasteiger partial charge in [0.05, 0.1) is 12.8 Å². The summed E-state index contributed by atoms with van der Waals surface area (Å²) in [4.78, 5) is 4.39. The van der Waals surface area contributed by atoms with Gasteiger partial charge in [0.1, 0.15) is 5.82 Å². The highest BCUT2D eigenvalue weighted by Gasteiger charge is 2.26. The van der Waals surface area contributed by atoms with E-state index in [9.17, 15) is 8.42 Å². The number of hydrogen-bond donors (Lipinski definition) is 1. The molecule has 1 aromatic heterocycles. The Hall–Kier alpha value is -0.920. The van der Waals surface area contributed by atoms with E-state index in [4.69, 9.17) is 0 Å². The lowest BCUT2D eigenvalue weighted by Gasteiger charge is -2.31. The van der Waals surface area contributed by atoms with Gasteiger partial charge in [0.25, 0.3) is 0 Å². The largest absolute Gasteiger partial charge is 0.334 e.